The molecule has 3 aromatic rings. The van der Waals surface area contributed by atoms with Gasteiger partial charge in [0.25, 0.3) is 5.91 Å². The molecule has 25 heavy (non-hydrogen) atoms. The second-order valence-corrected chi connectivity index (χ2v) is 6.64. The van der Waals surface area contributed by atoms with Crippen LogP contribution in [0.1, 0.15) is 18.1 Å². The zero-order chi connectivity index (χ0) is 17.8. The van der Waals surface area contributed by atoms with E-state index in [1.54, 1.807) is 12.1 Å². The summed E-state index contributed by atoms with van der Waals surface area (Å²) in [7, 11) is 0. The van der Waals surface area contributed by atoms with Crippen molar-refractivity contribution in [2.75, 3.05) is 18.5 Å². The number of nitrogens with one attached hydrogen (secondary N) is 1. The van der Waals surface area contributed by atoms with Gasteiger partial charge in [0, 0.05) is 0 Å². The molecular weight excluding hydrogens is 336 g/mol. The lowest BCUT2D eigenvalue weighted by atomic mass is 10.1. The second kappa shape index (κ2) is 7.53. The first-order valence-electron chi connectivity index (χ1n) is 8.09. The average Bonchev–Trinajstić information content (AvgIpc) is 3.03. The van der Waals surface area contributed by atoms with Crippen LogP contribution in [0.2, 0.25) is 0 Å². The van der Waals surface area contributed by atoms with E-state index in [0.717, 1.165) is 27.1 Å². The van der Waals surface area contributed by atoms with Crippen LogP contribution in [0, 0.1) is 13.8 Å². The van der Waals surface area contributed by atoms with Gasteiger partial charge in [0.15, 0.2) is 11.7 Å². The number of rotatable bonds is 6. The number of hydrogen-bond donors (Lipinski definition) is 1. The number of carbonyl (C=O) groups is 1. The predicted octanol–water partition coefficient (Wildman–Crippen LogP) is 4.33. The first kappa shape index (κ1) is 17.2. The molecule has 6 heteroatoms. The number of hydrogen-bond acceptors (Lipinski definition) is 5. The average molecular weight is 356 g/mol. The fourth-order valence-corrected chi connectivity index (χ4v) is 3.44. The molecule has 5 nitrogen and oxygen atoms in total. The molecule has 3 rings (SSSR count). The minimum Gasteiger partial charge on any atom is -0.494 e. The van der Waals surface area contributed by atoms with Gasteiger partial charge in [0.05, 0.1) is 16.8 Å². The molecule has 0 fully saturated rings. The molecule has 0 bridgehead atoms. The van der Waals surface area contributed by atoms with E-state index in [1.807, 2.05) is 39.0 Å². The number of anilines is 1. The molecule has 0 spiro atoms. The van der Waals surface area contributed by atoms with Crippen LogP contribution in [0.5, 0.6) is 11.5 Å². The Kier molecular flexibility index (Phi) is 5.19. The molecule has 0 unspecified atom stereocenters. The summed E-state index contributed by atoms with van der Waals surface area (Å²) in [6, 6.07) is 11.3. The maximum Gasteiger partial charge on any atom is 0.264 e. The lowest BCUT2D eigenvalue weighted by Crippen LogP contribution is -2.19. The summed E-state index contributed by atoms with van der Waals surface area (Å²) in [6.45, 7) is 6.54. The van der Waals surface area contributed by atoms with E-state index in [9.17, 15) is 4.79 Å². The minimum atomic E-state index is -0.233. The molecule has 0 saturated carbocycles. The van der Waals surface area contributed by atoms with Gasteiger partial charge in [-0.05, 0) is 56.2 Å². The minimum absolute atomic E-state index is 0.0676. The van der Waals surface area contributed by atoms with E-state index in [2.05, 4.69) is 16.4 Å². The summed E-state index contributed by atoms with van der Waals surface area (Å²) < 4.78 is 12.0. The molecule has 0 aliphatic rings. The third kappa shape index (κ3) is 4.09. The van der Waals surface area contributed by atoms with Crippen LogP contribution in [-0.4, -0.2) is 24.1 Å². The van der Waals surface area contributed by atoms with Crippen molar-refractivity contribution < 1.29 is 14.3 Å². The Bertz CT molecular complexity index is 849. The molecule has 1 aromatic heterocycles. The molecule has 0 radical (unpaired) electrons. The summed E-state index contributed by atoms with van der Waals surface area (Å²) >= 11 is 1.48. The first-order valence-corrected chi connectivity index (χ1v) is 8.90. The van der Waals surface area contributed by atoms with Crippen LogP contribution in [0.25, 0.3) is 10.2 Å². The van der Waals surface area contributed by atoms with Gasteiger partial charge >= 0.3 is 0 Å². The first-order chi connectivity index (χ1) is 12.1. The van der Waals surface area contributed by atoms with Gasteiger partial charge in [-0.1, -0.05) is 23.5 Å². The van der Waals surface area contributed by atoms with E-state index in [1.165, 1.54) is 11.3 Å². The number of carbonyl (C=O) groups excluding carboxylic acids is 1. The Balaban J connectivity index is 1.61. The van der Waals surface area contributed by atoms with E-state index < -0.39 is 0 Å². The number of fused-ring (bicyclic) bond motifs is 1. The maximum absolute atomic E-state index is 12.1. The molecule has 2 aromatic carbocycles. The van der Waals surface area contributed by atoms with Crippen LogP contribution in [-0.2, 0) is 4.79 Å². The Morgan fingerprint density at radius 2 is 1.68 bits per heavy atom. The van der Waals surface area contributed by atoms with Crippen molar-refractivity contribution in [1.82, 2.24) is 4.98 Å². The molecule has 130 valence electrons. The van der Waals surface area contributed by atoms with Crippen molar-refractivity contribution in [3.63, 3.8) is 0 Å². The number of aryl methyl sites for hydroxylation is 2. The van der Waals surface area contributed by atoms with Crippen molar-refractivity contribution in [1.29, 1.82) is 0 Å². The Labute approximate surface area is 150 Å². The summed E-state index contributed by atoms with van der Waals surface area (Å²) in [4.78, 5) is 16.6. The van der Waals surface area contributed by atoms with Crippen LogP contribution in [0.4, 0.5) is 5.13 Å². The zero-order valence-electron chi connectivity index (χ0n) is 14.5. The highest BCUT2D eigenvalue weighted by Gasteiger charge is 2.11. The number of aromatic nitrogens is 1. The lowest BCUT2D eigenvalue weighted by Gasteiger charge is -2.07. The van der Waals surface area contributed by atoms with Gasteiger partial charge < -0.3 is 9.47 Å². The van der Waals surface area contributed by atoms with Crippen molar-refractivity contribution >= 4 is 32.6 Å². The van der Waals surface area contributed by atoms with Crippen LogP contribution in [0.3, 0.4) is 0 Å². The largest absolute Gasteiger partial charge is 0.494 e. The van der Waals surface area contributed by atoms with Gasteiger partial charge in [-0.15, -0.1) is 0 Å². The van der Waals surface area contributed by atoms with Gasteiger partial charge in [0.2, 0.25) is 0 Å². The maximum atomic E-state index is 12.1. The van der Waals surface area contributed by atoms with E-state index >= 15 is 0 Å². The van der Waals surface area contributed by atoms with Crippen LogP contribution >= 0.6 is 11.3 Å². The van der Waals surface area contributed by atoms with Crippen LogP contribution in [0.15, 0.2) is 36.4 Å². The summed E-state index contributed by atoms with van der Waals surface area (Å²) in [5.41, 5.74) is 3.19. The SMILES string of the molecule is CCOc1ccc(OCC(=O)Nc2nc3c(C)ccc(C)c3s2)cc1. The normalized spacial score (nSPS) is 10.7. The van der Waals surface area contributed by atoms with E-state index in [0.29, 0.717) is 17.5 Å². The number of ether oxygens (including phenoxy) is 2. The molecular formula is C19H20N2O3S. The number of amides is 1. The summed E-state index contributed by atoms with van der Waals surface area (Å²) in [5, 5.41) is 3.40. The van der Waals surface area contributed by atoms with Crippen LogP contribution < -0.4 is 14.8 Å². The molecule has 0 aliphatic heterocycles. The molecule has 0 aliphatic carbocycles. The Morgan fingerprint density at radius 1 is 1.04 bits per heavy atom. The molecule has 1 N–H and O–H groups in total. The lowest BCUT2D eigenvalue weighted by molar-refractivity contribution is -0.118. The Morgan fingerprint density at radius 3 is 2.32 bits per heavy atom. The number of nitrogens with zero attached hydrogens (tertiary/aromatic N) is 1. The molecule has 1 amide bonds. The van der Waals surface area contributed by atoms with Gasteiger partial charge in [-0.25, -0.2) is 4.98 Å². The third-order valence-electron chi connectivity index (χ3n) is 3.69. The van der Waals surface area contributed by atoms with Crippen molar-refractivity contribution in [2.45, 2.75) is 20.8 Å². The third-order valence-corrected chi connectivity index (χ3v) is 4.80. The quantitative estimate of drug-likeness (QED) is 0.714. The van der Waals surface area contributed by atoms with Gasteiger partial charge in [-0.2, -0.15) is 0 Å². The van der Waals surface area contributed by atoms with Crippen molar-refractivity contribution in [3.05, 3.63) is 47.5 Å². The van der Waals surface area contributed by atoms with Gasteiger partial charge in [0.1, 0.15) is 11.5 Å². The highest BCUT2D eigenvalue weighted by molar-refractivity contribution is 7.22. The van der Waals surface area contributed by atoms with E-state index in [-0.39, 0.29) is 12.5 Å². The molecule has 0 saturated heterocycles. The highest BCUT2D eigenvalue weighted by Crippen LogP contribution is 2.30. The zero-order valence-corrected chi connectivity index (χ0v) is 15.3. The topological polar surface area (TPSA) is 60.5 Å². The standard InChI is InChI=1S/C19H20N2O3S/c1-4-23-14-7-9-15(10-8-14)24-11-16(22)20-19-21-17-12(2)5-6-13(3)18(17)25-19/h5-10H,4,11H2,1-3H3,(H,20,21,22). The Hall–Kier alpha value is -2.60. The summed E-state index contributed by atoms with van der Waals surface area (Å²) in [5.74, 6) is 1.16. The molecule has 1 heterocycles. The van der Waals surface area contributed by atoms with Crippen molar-refractivity contribution in [2.24, 2.45) is 0 Å². The van der Waals surface area contributed by atoms with Gasteiger partial charge in [-0.3, -0.25) is 10.1 Å². The fraction of sp³-hybridized carbons (Fsp3) is 0.263. The second-order valence-electron chi connectivity index (χ2n) is 5.64. The highest BCUT2D eigenvalue weighted by atomic mass is 32.1. The number of benzene rings is 2. The number of thiazole rings is 1. The smallest absolute Gasteiger partial charge is 0.264 e. The summed E-state index contributed by atoms with van der Waals surface area (Å²) in [6.07, 6.45) is 0. The van der Waals surface area contributed by atoms with E-state index in [4.69, 9.17) is 9.47 Å². The molecule has 0 atom stereocenters. The predicted molar refractivity (Wildman–Crippen MR) is 101 cm³/mol. The van der Waals surface area contributed by atoms with Crippen molar-refractivity contribution in [3.8, 4) is 11.5 Å². The fourth-order valence-electron chi connectivity index (χ4n) is 2.42. The monoisotopic (exact) mass is 356 g/mol.